The van der Waals surface area contributed by atoms with Crippen LogP contribution in [0.4, 0.5) is 11.4 Å². The Hall–Kier alpha value is -2.80. The van der Waals surface area contributed by atoms with E-state index in [1.807, 2.05) is 0 Å². The third-order valence-electron chi connectivity index (χ3n) is 3.26. The minimum atomic E-state index is -0.292. The molecule has 0 radical (unpaired) electrons. The van der Waals surface area contributed by atoms with Gasteiger partial charge in [0.25, 0.3) is 5.91 Å². The number of fused-ring (bicyclic) bond motifs is 1. The number of nitrogens with one attached hydrogen (secondary N) is 2. The highest BCUT2D eigenvalue weighted by Crippen LogP contribution is 2.34. The van der Waals surface area contributed by atoms with Crippen LogP contribution in [0.15, 0.2) is 36.5 Å². The fourth-order valence-electron chi connectivity index (χ4n) is 2.13. The van der Waals surface area contributed by atoms with Gasteiger partial charge in [-0.2, -0.15) is 0 Å². The minimum Gasteiger partial charge on any atom is -0.454 e. The first-order valence-corrected chi connectivity index (χ1v) is 7.16. The molecule has 1 aromatic heterocycles. The largest absolute Gasteiger partial charge is 0.454 e. The normalized spacial score (nSPS) is 12.0. The number of methoxy groups -OCH3 is 1. The molecule has 0 bridgehead atoms. The topological polar surface area (TPSA) is 81.7 Å². The van der Waals surface area contributed by atoms with Gasteiger partial charge < -0.3 is 24.8 Å². The Morgan fingerprint density at radius 1 is 1.22 bits per heavy atom. The average Bonchev–Trinajstić information content (AvgIpc) is 3.03. The number of benzene rings is 1. The van der Waals surface area contributed by atoms with Crippen molar-refractivity contribution in [2.24, 2.45) is 0 Å². The van der Waals surface area contributed by atoms with Crippen LogP contribution in [0.25, 0.3) is 0 Å². The number of ether oxygens (including phenoxy) is 3. The molecule has 1 amide bonds. The van der Waals surface area contributed by atoms with E-state index in [0.29, 0.717) is 36.0 Å². The maximum Gasteiger partial charge on any atom is 0.274 e. The van der Waals surface area contributed by atoms with Crippen LogP contribution < -0.4 is 20.1 Å². The van der Waals surface area contributed by atoms with E-state index < -0.39 is 0 Å². The molecule has 1 aliphatic rings. The number of hydrogen-bond acceptors (Lipinski definition) is 6. The molecule has 2 aromatic rings. The van der Waals surface area contributed by atoms with Crippen LogP contribution in [-0.4, -0.2) is 37.9 Å². The SMILES string of the molecule is COCCNc1ccnc(C(=O)Nc2ccc3c(c2)OCO3)c1. The lowest BCUT2D eigenvalue weighted by atomic mass is 10.2. The molecule has 1 aromatic carbocycles. The summed E-state index contributed by atoms with van der Waals surface area (Å²) in [6.45, 7) is 1.44. The number of carbonyl (C=O) groups is 1. The van der Waals surface area contributed by atoms with Crippen LogP contribution in [0.5, 0.6) is 11.5 Å². The van der Waals surface area contributed by atoms with Crippen LogP contribution in [0, 0.1) is 0 Å². The fraction of sp³-hybridized carbons (Fsp3) is 0.250. The van der Waals surface area contributed by atoms with E-state index in [-0.39, 0.29) is 12.7 Å². The van der Waals surface area contributed by atoms with E-state index in [0.717, 1.165) is 5.69 Å². The Kier molecular flexibility index (Phi) is 4.58. The molecule has 120 valence electrons. The summed E-state index contributed by atoms with van der Waals surface area (Å²) < 4.78 is 15.5. The van der Waals surface area contributed by atoms with Gasteiger partial charge in [0.05, 0.1) is 6.61 Å². The van der Waals surface area contributed by atoms with Crippen LogP contribution in [0.2, 0.25) is 0 Å². The van der Waals surface area contributed by atoms with Crippen molar-refractivity contribution in [1.82, 2.24) is 4.98 Å². The average molecular weight is 315 g/mol. The maximum atomic E-state index is 12.3. The Balaban J connectivity index is 1.67. The van der Waals surface area contributed by atoms with Crippen LogP contribution in [0.1, 0.15) is 10.5 Å². The third-order valence-corrected chi connectivity index (χ3v) is 3.26. The lowest BCUT2D eigenvalue weighted by Crippen LogP contribution is -2.14. The van der Waals surface area contributed by atoms with Gasteiger partial charge >= 0.3 is 0 Å². The highest BCUT2D eigenvalue weighted by Gasteiger charge is 2.15. The molecule has 3 rings (SSSR count). The molecule has 0 unspecified atom stereocenters. The van der Waals surface area contributed by atoms with Crippen molar-refractivity contribution in [1.29, 1.82) is 0 Å². The van der Waals surface area contributed by atoms with Gasteiger partial charge in [0.1, 0.15) is 5.69 Å². The molecule has 2 heterocycles. The van der Waals surface area contributed by atoms with Crippen LogP contribution in [-0.2, 0) is 4.74 Å². The summed E-state index contributed by atoms with van der Waals surface area (Å²) in [6, 6.07) is 8.73. The van der Waals surface area contributed by atoms with Gasteiger partial charge in [0.15, 0.2) is 11.5 Å². The molecule has 0 saturated heterocycles. The summed E-state index contributed by atoms with van der Waals surface area (Å²) in [5.74, 6) is 0.996. The first kappa shape index (κ1) is 15.1. The van der Waals surface area contributed by atoms with E-state index in [9.17, 15) is 4.79 Å². The van der Waals surface area contributed by atoms with Gasteiger partial charge in [-0.15, -0.1) is 0 Å². The second-order valence-corrected chi connectivity index (χ2v) is 4.87. The molecule has 23 heavy (non-hydrogen) atoms. The van der Waals surface area contributed by atoms with Crippen molar-refractivity contribution < 1.29 is 19.0 Å². The van der Waals surface area contributed by atoms with E-state index in [1.165, 1.54) is 0 Å². The van der Waals surface area contributed by atoms with Gasteiger partial charge in [0, 0.05) is 37.3 Å². The highest BCUT2D eigenvalue weighted by molar-refractivity contribution is 6.03. The summed E-state index contributed by atoms with van der Waals surface area (Å²) >= 11 is 0. The standard InChI is InChI=1S/C16H17N3O4/c1-21-7-6-17-11-4-5-18-13(8-11)16(20)19-12-2-3-14-15(9-12)23-10-22-14/h2-5,8-9H,6-7,10H2,1H3,(H,17,18)(H,19,20). The summed E-state index contributed by atoms with van der Waals surface area (Å²) in [5, 5.41) is 5.95. The molecule has 7 heteroatoms. The number of amides is 1. The molecule has 0 aliphatic carbocycles. The van der Waals surface area contributed by atoms with Crippen molar-refractivity contribution >= 4 is 17.3 Å². The number of pyridine rings is 1. The van der Waals surface area contributed by atoms with Crippen molar-refractivity contribution in [2.75, 3.05) is 37.7 Å². The monoisotopic (exact) mass is 315 g/mol. The molecule has 2 N–H and O–H groups in total. The molecule has 0 spiro atoms. The number of aromatic nitrogens is 1. The molecule has 0 fully saturated rings. The molecule has 1 aliphatic heterocycles. The number of nitrogens with zero attached hydrogens (tertiary/aromatic N) is 1. The lowest BCUT2D eigenvalue weighted by molar-refractivity contribution is 0.102. The van der Waals surface area contributed by atoms with E-state index in [1.54, 1.807) is 43.6 Å². The van der Waals surface area contributed by atoms with Crippen molar-refractivity contribution in [3.05, 3.63) is 42.2 Å². The van der Waals surface area contributed by atoms with Gasteiger partial charge in [-0.3, -0.25) is 9.78 Å². The Labute approximate surface area is 133 Å². The second-order valence-electron chi connectivity index (χ2n) is 4.87. The zero-order valence-corrected chi connectivity index (χ0v) is 12.7. The number of hydrogen-bond donors (Lipinski definition) is 2. The van der Waals surface area contributed by atoms with Crippen LogP contribution in [0.3, 0.4) is 0 Å². The molecule has 7 nitrogen and oxygen atoms in total. The third kappa shape index (κ3) is 3.70. The summed E-state index contributed by atoms with van der Waals surface area (Å²) in [5.41, 5.74) is 1.76. The van der Waals surface area contributed by atoms with Crippen LogP contribution >= 0.6 is 0 Å². The smallest absolute Gasteiger partial charge is 0.274 e. The number of carbonyl (C=O) groups excluding carboxylic acids is 1. The van der Waals surface area contributed by atoms with E-state index >= 15 is 0 Å². The van der Waals surface area contributed by atoms with Crippen molar-refractivity contribution in [3.8, 4) is 11.5 Å². The predicted octanol–water partition coefficient (Wildman–Crippen LogP) is 2.12. The molecule has 0 atom stereocenters. The maximum absolute atomic E-state index is 12.3. The number of rotatable bonds is 6. The van der Waals surface area contributed by atoms with Crippen molar-refractivity contribution in [2.45, 2.75) is 0 Å². The fourth-order valence-corrected chi connectivity index (χ4v) is 2.13. The van der Waals surface area contributed by atoms with E-state index in [2.05, 4.69) is 15.6 Å². The van der Waals surface area contributed by atoms with Crippen molar-refractivity contribution in [3.63, 3.8) is 0 Å². The van der Waals surface area contributed by atoms with Gasteiger partial charge in [0.2, 0.25) is 6.79 Å². The molecule has 0 saturated carbocycles. The molecular formula is C16H17N3O4. The Morgan fingerprint density at radius 2 is 2.09 bits per heavy atom. The Bertz CT molecular complexity index is 705. The Morgan fingerprint density at radius 3 is 2.96 bits per heavy atom. The number of anilines is 2. The first-order valence-electron chi connectivity index (χ1n) is 7.16. The zero-order valence-electron chi connectivity index (χ0n) is 12.7. The molecular weight excluding hydrogens is 298 g/mol. The quantitative estimate of drug-likeness (QED) is 0.795. The summed E-state index contributed by atoms with van der Waals surface area (Å²) in [4.78, 5) is 16.4. The first-order chi connectivity index (χ1) is 11.3. The zero-order chi connectivity index (χ0) is 16.1. The minimum absolute atomic E-state index is 0.198. The summed E-state index contributed by atoms with van der Waals surface area (Å²) in [7, 11) is 1.64. The van der Waals surface area contributed by atoms with E-state index in [4.69, 9.17) is 14.2 Å². The second kappa shape index (κ2) is 6.97. The van der Waals surface area contributed by atoms with Gasteiger partial charge in [-0.1, -0.05) is 0 Å². The predicted molar refractivity (Wildman–Crippen MR) is 85.1 cm³/mol. The van der Waals surface area contributed by atoms with Gasteiger partial charge in [-0.05, 0) is 24.3 Å². The lowest BCUT2D eigenvalue weighted by Gasteiger charge is -2.08. The summed E-state index contributed by atoms with van der Waals surface area (Å²) in [6.07, 6.45) is 1.59. The highest BCUT2D eigenvalue weighted by atomic mass is 16.7. The van der Waals surface area contributed by atoms with Gasteiger partial charge in [-0.25, -0.2) is 0 Å².